The van der Waals surface area contributed by atoms with Crippen LogP contribution in [0.1, 0.15) is 0 Å². The predicted octanol–water partition coefficient (Wildman–Crippen LogP) is 1.60. The van der Waals surface area contributed by atoms with Crippen LogP contribution in [0.5, 0.6) is 0 Å². The second-order valence-corrected chi connectivity index (χ2v) is 3.48. The van der Waals surface area contributed by atoms with Gasteiger partial charge < -0.3 is 5.32 Å². The Bertz CT molecular complexity index is 465. The van der Waals surface area contributed by atoms with Crippen molar-refractivity contribution in [3.63, 3.8) is 0 Å². The number of halogens is 1. The molecule has 0 fully saturated rings. The molecular weight excluding hydrogens is 260 g/mol. The SMILES string of the molecule is O=CNc1ccc(-n2cnc(Br)n2)cc1. The van der Waals surface area contributed by atoms with Crippen molar-refractivity contribution in [3.05, 3.63) is 35.3 Å². The minimum atomic E-state index is 0.539. The van der Waals surface area contributed by atoms with Gasteiger partial charge in [-0.3, -0.25) is 4.79 Å². The molecule has 1 aromatic carbocycles. The van der Waals surface area contributed by atoms with E-state index < -0.39 is 0 Å². The number of hydrogen-bond donors (Lipinski definition) is 1. The van der Waals surface area contributed by atoms with Crippen molar-refractivity contribution in [1.82, 2.24) is 14.8 Å². The van der Waals surface area contributed by atoms with Gasteiger partial charge in [0.25, 0.3) is 0 Å². The Hall–Kier alpha value is -1.69. The molecule has 0 saturated carbocycles. The van der Waals surface area contributed by atoms with Crippen LogP contribution in [0.15, 0.2) is 35.3 Å². The predicted molar refractivity (Wildman–Crippen MR) is 58.7 cm³/mol. The topological polar surface area (TPSA) is 59.8 Å². The number of aromatic nitrogens is 3. The molecule has 6 heteroatoms. The highest BCUT2D eigenvalue weighted by Gasteiger charge is 1.99. The zero-order chi connectivity index (χ0) is 10.7. The van der Waals surface area contributed by atoms with Gasteiger partial charge in [-0.05, 0) is 40.2 Å². The fourth-order valence-corrected chi connectivity index (χ4v) is 1.41. The number of nitrogens with one attached hydrogen (secondary N) is 1. The van der Waals surface area contributed by atoms with Crippen LogP contribution in [0.2, 0.25) is 0 Å². The van der Waals surface area contributed by atoms with Gasteiger partial charge in [0.2, 0.25) is 11.1 Å². The molecule has 1 heterocycles. The number of benzene rings is 1. The number of carbonyl (C=O) groups excluding carboxylic acids is 1. The number of amides is 1. The van der Waals surface area contributed by atoms with Crippen LogP contribution in [0.25, 0.3) is 5.69 Å². The fraction of sp³-hybridized carbons (Fsp3) is 0. The number of hydrogen-bond acceptors (Lipinski definition) is 3. The molecule has 2 aromatic rings. The highest BCUT2D eigenvalue weighted by molar-refractivity contribution is 9.10. The number of carbonyl (C=O) groups is 1. The molecule has 1 amide bonds. The molecule has 0 unspecified atom stereocenters. The van der Waals surface area contributed by atoms with E-state index in [2.05, 4.69) is 31.3 Å². The molecule has 0 aliphatic heterocycles. The van der Waals surface area contributed by atoms with E-state index in [0.717, 1.165) is 11.4 Å². The Labute approximate surface area is 94.3 Å². The highest BCUT2D eigenvalue weighted by atomic mass is 79.9. The van der Waals surface area contributed by atoms with Crippen molar-refractivity contribution in [2.24, 2.45) is 0 Å². The first-order valence-corrected chi connectivity index (χ1v) is 4.96. The lowest BCUT2D eigenvalue weighted by Crippen LogP contribution is -1.96. The molecule has 0 aliphatic carbocycles. The molecule has 0 bridgehead atoms. The van der Waals surface area contributed by atoms with Crippen LogP contribution in [-0.2, 0) is 4.79 Å². The Balaban J connectivity index is 2.27. The second-order valence-electron chi connectivity index (χ2n) is 2.77. The van der Waals surface area contributed by atoms with Crippen LogP contribution in [0.3, 0.4) is 0 Å². The lowest BCUT2D eigenvalue weighted by Gasteiger charge is -2.01. The maximum Gasteiger partial charge on any atom is 0.217 e. The van der Waals surface area contributed by atoms with Crippen LogP contribution in [0, 0.1) is 0 Å². The van der Waals surface area contributed by atoms with Gasteiger partial charge in [-0.1, -0.05) is 0 Å². The van der Waals surface area contributed by atoms with E-state index in [1.54, 1.807) is 23.1 Å². The lowest BCUT2D eigenvalue weighted by molar-refractivity contribution is -0.105. The summed E-state index contributed by atoms with van der Waals surface area (Å²) in [6, 6.07) is 7.26. The molecule has 0 aliphatic rings. The molecule has 5 nitrogen and oxygen atoms in total. The van der Waals surface area contributed by atoms with Gasteiger partial charge in [-0.15, -0.1) is 5.10 Å². The highest BCUT2D eigenvalue weighted by Crippen LogP contribution is 2.12. The molecular formula is C9H7BrN4O. The summed E-state index contributed by atoms with van der Waals surface area (Å²) in [5.41, 5.74) is 1.62. The third kappa shape index (κ3) is 2.21. The smallest absolute Gasteiger partial charge is 0.217 e. The van der Waals surface area contributed by atoms with E-state index in [0.29, 0.717) is 11.1 Å². The quantitative estimate of drug-likeness (QED) is 0.859. The Morgan fingerprint density at radius 3 is 2.60 bits per heavy atom. The molecule has 1 aromatic heterocycles. The van der Waals surface area contributed by atoms with Crippen molar-refractivity contribution in [3.8, 4) is 5.69 Å². The summed E-state index contributed by atoms with van der Waals surface area (Å²) in [5, 5.41) is 6.65. The molecule has 1 N–H and O–H groups in total. The number of nitrogens with zero attached hydrogens (tertiary/aromatic N) is 3. The van der Waals surface area contributed by atoms with Crippen molar-refractivity contribution in [2.45, 2.75) is 0 Å². The maximum atomic E-state index is 10.2. The van der Waals surface area contributed by atoms with Crippen molar-refractivity contribution >= 4 is 28.0 Å². The standard InChI is InChI=1S/C9H7BrN4O/c10-9-11-5-14(13-9)8-3-1-7(2-4-8)12-6-15/h1-6H,(H,12,15). The minimum absolute atomic E-state index is 0.539. The van der Waals surface area contributed by atoms with Gasteiger partial charge in [0.1, 0.15) is 6.33 Å². The third-order valence-corrected chi connectivity index (χ3v) is 2.18. The maximum absolute atomic E-state index is 10.2. The van der Waals surface area contributed by atoms with Gasteiger partial charge in [0.15, 0.2) is 0 Å². The molecule has 0 radical (unpaired) electrons. The summed E-state index contributed by atoms with van der Waals surface area (Å²) < 4.78 is 2.17. The first kappa shape index (κ1) is 9.85. The van der Waals surface area contributed by atoms with Gasteiger partial charge in [0.05, 0.1) is 5.69 Å². The van der Waals surface area contributed by atoms with Crippen LogP contribution in [-0.4, -0.2) is 21.2 Å². The van der Waals surface area contributed by atoms with Gasteiger partial charge in [0, 0.05) is 5.69 Å². The molecule has 0 spiro atoms. The Kier molecular flexibility index (Phi) is 2.77. The van der Waals surface area contributed by atoms with E-state index >= 15 is 0 Å². The van der Waals surface area contributed by atoms with Crippen molar-refractivity contribution in [2.75, 3.05) is 5.32 Å². The zero-order valence-corrected chi connectivity index (χ0v) is 9.18. The molecule has 0 saturated heterocycles. The van der Waals surface area contributed by atoms with Crippen molar-refractivity contribution in [1.29, 1.82) is 0 Å². The average Bonchev–Trinajstić information content (AvgIpc) is 2.67. The Morgan fingerprint density at radius 2 is 2.07 bits per heavy atom. The fourth-order valence-electron chi connectivity index (χ4n) is 1.15. The summed E-state index contributed by atoms with van der Waals surface area (Å²) in [7, 11) is 0. The van der Waals surface area contributed by atoms with E-state index in [1.807, 2.05) is 12.1 Å². The first-order chi connectivity index (χ1) is 7.29. The van der Waals surface area contributed by atoms with Crippen molar-refractivity contribution < 1.29 is 4.79 Å². The zero-order valence-electron chi connectivity index (χ0n) is 7.59. The molecule has 15 heavy (non-hydrogen) atoms. The normalized spacial score (nSPS) is 9.93. The largest absolute Gasteiger partial charge is 0.329 e. The summed E-state index contributed by atoms with van der Waals surface area (Å²) in [6.45, 7) is 0. The monoisotopic (exact) mass is 266 g/mol. The third-order valence-electron chi connectivity index (χ3n) is 1.82. The summed E-state index contributed by atoms with van der Waals surface area (Å²) in [4.78, 5) is 14.1. The van der Waals surface area contributed by atoms with E-state index in [4.69, 9.17) is 0 Å². The summed E-state index contributed by atoms with van der Waals surface area (Å²) in [6.07, 6.45) is 2.24. The van der Waals surface area contributed by atoms with Crippen LogP contribution in [0.4, 0.5) is 5.69 Å². The van der Waals surface area contributed by atoms with Gasteiger partial charge in [-0.25, -0.2) is 9.67 Å². The van der Waals surface area contributed by atoms with Gasteiger partial charge in [-0.2, -0.15) is 0 Å². The van der Waals surface area contributed by atoms with E-state index in [9.17, 15) is 4.79 Å². The minimum Gasteiger partial charge on any atom is -0.329 e. The molecule has 2 rings (SSSR count). The van der Waals surface area contributed by atoms with E-state index in [1.165, 1.54) is 0 Å². The number of rotatable bonds is 3. The first-order valence-electron chi connectivity index (χ1n) is 4.17. The van der Waals surface area contributed by atoms with Crippen LogP contribution >= 0.6 is 15.9 Å². The average molecular weight is 267 g/mol. The lowest BCUT2D eigenvalue weighted by atomic mass is 10.3. The number of anilines is 1. The van der Waals surface area contributed by atoms with Crippen LogP contribution < -0.4 is 5.32 Å². The Morgan fingerprint density at radius 1 is 1.33 bits per heavy atom. The van der Waals surface area contributed by atoms with E-state index in [-0.39, 0.29) is 0 Å². The second kappa shape index (κ2) is 4.22. The molecule has 76 valence electrons. The summed E-state index contributed by atoms with van der Waals surface area (Å²) >= 11 is 3.17. The molecule has 0 atom stereocenters. The summed E-state index contributed by atoms with van der Waals surface area (Å²) in [5.74, 6) is 0. The van der Waals surface area contributed by atoms with Gasteiger partial charge >= 0.3 is 0 Å².